The number of pyridine rings is 1. The monoisotopic (exact) mass is 363 g/mol. The van der Waals surface area contributed by atoms with Gasteiger partial charge in [-0.25, -0.2) is 9.78 Å². The molecule has 1 aliphatic rings. The van der Waals surface area contributed by atoms with Crippen molar-refractivity contribution in [3.63, 3.8) is 0 Å². The van der Waals surface area contributed by atoms with Gasteiger partial charge in [-0.2, -0.15) is 13.2 Å². The van der Waals surface area contributed by atoms with Crippen molar-refractivity contribution >= 4 is 17.1 Å². The molecule has 2 N–H and O–H groups in total. The van der Waals surface area contributed by atoms with Gasteiger partial charge in [0, 0.05) is 5.56 Å². The van der Waals surface area contributed by atoms with Gasteiger partial charge in [0.1, 0.15) is 11.4 Å². The van der Waals surface area contributed by atoms with E-state index in [1.165, 1.54) is 6.07 Å². The molecule has 1 aliphatic carbocycles. The lowest BCUT2D eigenvalue weighted by Gasteiger charge is -2.22. The van der Waals surface area contributed by atoms with Crippen LogP contribution in [0.4, 0.5) is 13.2 Å². The number of phenols is 1. The summed E-state index contributed by atoms with van der Waals surface area (Å²) in [6.07, 6.45) is -1.88. The van der Waals surface area contributed by atoms with Gasteiger partial charge in [0.2, 0.25) is 0 Å². The summed E-state index contributed by atoms with van der Waals surface area (Å²) in [6, 6.07) is 7.37. The highest BCUT2D eigenvalue weighted by Crippen LogP contribution is 2.42. The zero-order valence-corrected chi connectivity index (χ0v) is 13.7. The van der Waals surface area contributed by atoms with Crippen LogP contribution in [0.5, 0.6) is 5.75 Å². The number of alkyl halides is 3. The van der Waals surface area contributed by atoms with Crippen molar-refractivity contribution in [2.75, 3.05) is 0 Å². The van der Waals surface area contributed by atoms with E-state index >= 15 is 0 Å². The molecule has 1 aromatic carbocycles. The average Bonchev–Trinajstić information content (AvgIpc) is 2.61. The van der Waals surface area contributed by atoms with E-state index in [9.17, 15) is 23.1 Å². The summed E-state index contributed by atoms with van der Waals surface area (Å²) in [4.78, 5) is 15.3. The first kappa shape index (κ1) is 18.0. The second-order valence-corrected chi connectivity index (χ2v) is 6.11. The number of hydrogen-bond acceptors (Lipinski definition) is 3. The van der Waals surface area contributed by atoms with Crippen LogP contribution >= 0.6 is 0 Å². The molecule has 1 aromatic heterocycles. The zero-order chi connectivity index (χ0) is 18.9. The molecule has 0 amide bonds. The number of aromatic hydroxyl groups is 1. The summed E-state index contributed by atoms with van der Waals surface area (Å²) >= 11 is 0. The van der Waals surface area contributed by atoms with Crippen molar-refractivity contribution < 1.29 is 28.2 Å². The summed E-state index contributed by atoms with van der Waals surface area (Å²) < 4.78 is 39.2. The van der Waals surface area contributed by atoms with Gasteiger partial charge in [-0.15, -0.1) is 0 Å². The van der Waals surface area contributed by atoms with Crippen LogP contribution in [0.3, 0.4) is 0 Å². The standard InChI is InChI=1S/C19H16F3NO3/c20-19(21,22)11-8-9-17(24)14(10-11)12-4-1-2-5-13(12)15-6-3-7-16(23-15)18(25)26/h3,6-10,24H,1-2,4-5H2,(H,25,26). The fourth-order valence-corrected chi connectivity index (χ4v) is 3.16. The Kier molecular flexibility index (Phi) is 4.71. The van der Waals surface area contributed by atoms with Crippen molar-refractivity contribution in [1.82, 2.24) is 4.98 Å². The van der Waals surface area contributed by atoms with E-state index < -0.39 is 17.7 Å². The van der Waals surface area contributed by atoms with Crippen LogP contribution in [-0.2, 0) is 6.18 Å². The van der Waals surface area contributed by atoms with E-state index in [-0.39, 0.29) is 17.0 Å². The van der Waals surface area contributed by atoms with Gasteiger partial charge < -0.3 is 10.2 Å². The summed E-state index contributed by atoms with van der Waals surface area (Å²) in [5.74, 6) is -1.41. The molecule has 0 saturated carbocycles. The lowest BCUT2D eigenvalue weighted by molar-refractivity contribution is -0.137. The molecule has 0 radical (unpaired) electrons. The van der Waals surface area contributed by atoms with Gasteiger partial charge >= 0.3 is 12.1 Å². The Labute approximate surface area is 147 Å². The Bertz CT molecular complexity index is 888. The smallest absolute Gasteiger partial charge is 0.416 e. The van der Waals surface area contributed by atoms with Crippen LogP contribution < -0.4 is 0 Å². The SMILES string of the molecule is O=C(O)c1cccc(C2=C(c3cc(C(F)(F)F)ccc3O)CCCC2)n1. The first-order chi connectivity index (χ1) is 12.3. The Hall–Kier alpha value is -2.83. The van der Waals surface area contributed by atoms with Gasteiger partial charge in [0.05, 0.1) is 11.3 Å². The fourth-order valence-electron chi connectivity index (χ4n) is 3.16. The second kappa shape index (κ2) is 6.82. The van der Waals surface area contributed by atoms with Crippen LogP contribution in [0.25, 0.3) is 11.1 Å². The number of hydrogen-bond donors (Lipinski definition) is 2. The normalized spacial score (nSPS) is 15.2. The molecule has 4 nitrogen and oxygen atoms in total. The molecule has 26 heavy (non-hydrogen) atoms. The average molecular weight is 363 g/mol. The van der Waals surface area contributed by atoms with Crippen molar-refractivity contribution in [3.05, 3.63) is 58.9 Å². The molecular weight excluding hydrogens is 347 g/mol. The molecule has 136 valence electrons. The molecule has 0 aliphatic heterocycles. The number of aromatic nitrogens is 1. The number of benzene rings is 1. The summed E-state index contributed by atoms with van der Waals surface area (Å²) in [5.41, 5.74) is 0.820. The number of aromatic carboxylic acids is 1. The molecule has 0 bridgehead atoms. The van der Waals surface area contributed by atoms with E-state index in [2.05, 4.69) is 4.98 Å². The van der Waals surface area contributed by atoms with Gasteiger partial charge in [-0.3, -0.25) is 0 Å². The maximum atomic E-state index is 13.1. The topological polar surface area (TPSA) is 70.4 Å². The molecule has 0 atom stereocenters. The Morgan fingerprint density at radius 1 is 1.04 bits per heavy atom. The Balaban J connectivity index is 2.17. The third-order valence-electron chi connectivity index (χ3n) is 4.39. The van der Waals surface area contributed by atoms with Gasteiger partial charge in [0.25, 0.3) is 0 Å². The maximum Gasteiger partial charge on any atom is 0.416 e. The van der Waals surface area contributed by atoms with E-state index in [1.54, 1.807) is 12.1 Å². The molecule has 1 heterocycles. The van der Waals surface area contributed by atoms with Gasteiger partial charge in [-0.1, -0.05) is 6.07 Å². The summed E-state index contributed by atoms with van der Waals surface area (Å²) in [7, 11) is 0. The molecular formula is C19H16F3NO3. The first-order valence-corrected chi connectivity index (χ1v) is 8.10. The number of allylic oxidation sites excluding steroid dienone is 2. The number of carboxylic acids is 1. The first-order valence-electron chi connectivity index (χ1n) is 8.10. The van der Waals surface area contributed by atoms with Crippen molar-refractivity contribution in [3.8, 4) is 5.75 Å². The van der Waals surface area contributed by atoms with Crippen LogP contribution in [0, 0.1) is 0 Å². The van der Waals surface area contributed by atoms with E-state index in [0.29, 0.717) is 29.7 Å². The number of nitrogens with zero attached hydrogens (tertiary/aromatic N) is 1. The molecule has 0 unspecified atom stereocenters. The van der Waals surface area contributed by atoms with Crippen molar-refractivity contribution in [2.24, 2.45) is 0 Å². The van der Waals surface area contributed by atoms with Crippen LogP contribution in [0.2, 0.25) is 0 Å². The minimum atomic E-state index is -4.51. The van der Waals surface area contributed by atoms with Crippen LogP contribution in [-0.4, -0.2) is 21.2 Å². The minimum absolute atomic E-state index is 0.122. The number of carbonyl (C=O) groups is 1. The lowest BCUT2D eigenvalue weighted by Crippen LogP contribution is -2.08. The number of halogens is 3. The number of rotatable bonds is 3. The molecule has 0 spiro atoms. The highest BCUT2D eigenvalue weighted by molar-refractivity contribution is 5.93. The Morgan fingerprint density at radius 2 is 1.73 bits per heavy atom. The van der Waals surface area contributed by atoms with Crippen molar-refractivity contribution in [1.29, 1.82) is 0 Å². The predicted molar refractivity (Wildman–Crippen MR) is 89.6 cm³/mol. The molecule has 0 saturated heterocycles. The van der Waals surface area contributed by atoms with Gasteiger partial charge in [-0.05, 0) is 67.2 Å². The Morgan fingerprint density at radius 3 is 2.38 bits per heavy atom. The minimum Gasteiger partial charge on any atom is -0.507 e. The summed E-state index contributed by atoms with van der Waals surface area (Å²) in [5, 5.41) is 19.3. The van der Waals surface area contributed by atoms with Crippen LogP contribution in [0.1, 0.15) is 53.0 Å². The summed E-state index contributed by atoms with van der Waals surface area (Å²) in [6.45, 7) is 0. The second-order valence-electron chi connectivity index (χ2n) is 6.11. The maximum absolute atomic E-state index is 13.1. The third kappa shape index (κ3) is 3.56. The highest BCUT2D eigenvalue weighted by atomic mass is 19.4. The van der Waals surface area contributed by atoms with E-state index in [0.717, 1.165) is 31.0 Å². The lowest BCUT2D eigenvalue weighted by atomic mass is 9.84. The highest BCUT2D eigenvalue weighted by Gasteiger charge is 2.32. The quantitative estimate of drug-likeness (QED) is 0.806. The molecule has 7 heteroatoms. The van der Waals surface area contributed by atoms with E-state index in [4.69, 9.17) is 5.11 Å². The van der Waals surface area contributed by atoms with Gasteiger partial charge in [0.15, 0.2) is 0 Å². The molecule has 3 rings (SSSR count). The van der Waals surface area contributed by atoms with Crippen LogP contribution in [0.15, 0.2) is 36.4 Å². The number of carboxylic acid groups (broad SMARTS) is 1. The molecule has 2 aromatic rings. The van der Waals surface area contributed by atoms with E-state index in [1.807, 2.05) is 0 Å². The third-order valence-corrected chi connectivity index (χ3v) is 4.39. The largest absolute Gasteiger partial charge is 0.507 e. The molecule has 0 fully saturated rings. The number of phenolic OH excluding ortho intramolecular Hbond substituents is 1. The predicted octanol–water partition coefficient (Wildman–Crippen LogP) is 4.99. The fraction of sp³-hybridized carbons (Fsp3) is 0.263. The zero-order valence-electron chi connectivity index (χ0n) is 13.7. The van der Waals surface area contributed by atoms with Crippen molar-refractivity contribution in [2.45, 2.75) is 31.9 Å².